The largest absolute Gasteiger partial charge is 0.478 e. The average molecular weight is 286 g/mol. The molecule has 0 amide bonds. The third-order valence-electron chi connectivity index (χ3n) is 2.51. The second-order valence-electron chi connectivity index (χ2n) is 4.19. The fourth-order valence-electron chi connectivity index (χ4n) is 1.60. The first-order valence-corrected chi connectivity index (χ1v) is 7.04. The smallest absolute Gasteiger partial charge is 0.328 e. The SMILES string of the molecule is Cc1ccnc(SCc2cccc(C=CC(=O)O)c2)n1. The number of aliphatic carboxylic acids is 1. The molecule has 0 unspecified atom stereocenters. The van der Waals surface area contributed by atoms with E-state index in [0.717, 1.165) is 33.8 Å². The highest BCUT2D eigenvalue weighted by Crippen LogP contribution is 2.20. The molecule has 0 bridgehead atoms. The molecule has 2 aromatic rings. The van der Waals surface area contributed by atoms with Crippen LogP contribution in [0.4, 0.5) is 0 Å². The van der Waals surface area contributed by atoms with Gasteiger partial charge in [0.2, 0.25) is 0 Å². The maximum Gasteiger partial charge on any atom is 0.328 e. The van der Waals surface area contributed by atoms with Gasteiger partial charge in [0.1, 0.15) is 0 Å². The Morgan fingerprint density at radius 3 is 3.00 bits per heavy atom. The van der Waals surface area contributed by atoms with Gasteiger partial charge in [-0.1, -0.05) is 36.0 Å². The molecular weight excluding hydrogens is 272 g/mol. The Morgan fingerprint density at radius 1 is 1.40 bits per heavy atom. The fraction of sp³-hybridized carbons (Fsp3) is 0.133. The molecule has 0 aliphatic rings. The van der Waals surface area contributed by atoms with Gasteiger partial charge in [0.25, 0.3) is 0 Å². The van der Waals surface area contributed by atoms with Gasteiger partial charge in [-0.3, -0.25) is 0 Å². The Hall–Kier alpha value is -2.14. The van der Waals surface area contributed by atoms with Gasteiger partial charge >= 0.3 is 5.97 Å². The van der Waals surface area contributed by atoms with Crippen molar-refractivity contribution in [1.82, 2.24) is 9.97 Å². The molecule has 1 aromatic carbocycles. The van der Waals surface area contributed by atoms with Gasteiger partial charge in [-0.05, 0) is 30.2 Å². The highest BCUT2D eigenvalue weighted by molar-refractivity contribution is 7.98. The number of thioether (sulfide) groups is 1. The van der Waals surface area contributed by atoms with Crippen molar-refractivity contribution in [2.75, 3.05) is 0 Å². The van der Waals surface area contributed by atoms with Crippen molar-refractivity contribution in [3.63, 3.8) is 0 Å². The van der Waals surface area contributed by atoms with Crippen LogP contribution in [0.1, 0.15) is 16.8 Å². The summed E-state index contributed by atoms with van der Waals surface area (Å²) >= 11 is 1.56. The van der Waals surface area contributed by atoms with Crippen LogP contribution in [0.3, 0.4) is 0 Å². The third-order valence-corrected chi connectivity index (χ3v) is 3.44. The number of aromatic nitrogens is 2. The molecule has 1 aromatic heterocycles. The van der Waals surface area contributed by atoms with Gasteiger partial charge in [-0.15, -0.1) is 0 Å². The van der Waals surface area contributed by atoms with Crippen molar-refractivity contribution < 1.29 is 9.90 Å². The zero-order chi connectivity index (χ0) is 14.4. The molecule has 0 atom stereocenters. The van der Waals surface area contributed by atoms with E-state index in [4.69, 9.17) is 5.11 Å². The summed E-state index contributed by atoms with van der Waals surface area (Å²) in [6.45, 7) is 1.93. The van der Waals surface area contributed by atoms with Gasteiger partial charge in [0.15, 0.2) is 5.16 Å². The number of hydrogen-bond donors (Lipinski definition) is 1. The lowest BCUT2D eigenvalue weighted by Crippen LogP contribution is -1.90. The van der Waals surface area contributed by atoms with E-state index >= 15 is 0 Å². The monoisotopic (exact) mass is 286 g/mol. The molecule has 1 heterocycles. The number of rotatable bonds is 5. The van der Waals surface area contributed by atoms with E-state index in [0.29, 0.717) is 0 Å². The Bertz CT molecular complexity index is 641. The van der Waals surface area contributed by atoms with Gasteiger partial charge < -0.3 is 5.11 Å². The molecule has 0 saturated heterocycles. The van der Waals surface area contributed by atoms with E-state index in [2.05, 4.69) is 9.97 Å². The van der Waals surface area contributed by atoms with Crippen molar-refractivity contribution in [3.8, 4) is 0 Å². The van der Waals surface area contributed by atoms with Gasteiger partial charge in [-0.2, -0.15) is 0 Å². The first-order chi connectivity index (χ1) is 9.63. The zero-order valence-corrected chi connectivity index (χ0v) is 11.8. The minimum atomic E-state index is -0.946. The van der Waals surface area contributed by atoms with Crippen LogP contribution in [0.25, 0.3) is 6.08 Å². The summed E-state index contributed by atoms with van der Waals surface area (Å²) in [5, 5.41) is 9.36. The van der Waals surface area contributed by atoms with E-state index in [-0.39, 0.29) is 0 Å². The summed E-state index contributed by atoms with van der Waals surface area (Å²) in [5.74, 6) is -0.198. The van der Waals surface area contributed by atoms with Gasteiger partial charge in [-0.25, -0.2) is 14.8 Å². The summed E-state index contributed by atoms with van der Waals surface area (Å²) < 4.78 is 0. The lowest BCUT2D eigenvalue weighted by Gasteiger charge is -2.02. The van der Waals surface area contributed by atoms with E-state index in [9.17, 15) is 4.79 Å². The number of carboxylic acid groups (broad SMARTS) is 1. The third kappa shape index (κ3) is 4.51. The summed E-state index contributed by atoms with van der Waals surface area (Å²) in [7, 11) is 0. The van der Waals surface area contributed by atoms with Crippen LogP contribution in [-0.2, 0) is 10.5 Å². The molecule has 0 aliphatic heterocycles. The molecule has 0 saturated carbocycles. The molecule has 5 heteroatoms. The Balaban J connectivity index is 2.03. The van der Waals surface area contributed by atoms with Crippen molar-refractivity contribution in [1.29, 1.82) is 0 Å². The molecule has 102 valence electrons. The number of nitrogens with zero attached hydrogens (tertiary/aromatic N) is 2. The summed E-state index contributed by atoms with van der Waals surface area (Å²) in [4.78, 5) is 19.0. The van der Waals surface area contributed by atoms with Crippen LogP contribution >= 0.6 is 11.8 Å². The molecule has 2 rings (SSSR count). The molecule has 20 heavy (non-hydrogen) atoms. The molecule has 0 spiro atoms. The van der Waals surface area contributed by atoms with Gasteiger partial charge in [0, 0.05) is 23.7 Å². The highest BCUT2D eigenvalue weighted by Gasteiger charge is 2.00. The minimum absolute atomic E-state index is 0.747. The number of aryl methyl sites for hydroxylation is 1. The minimum Gasteiger partial charge on any atom is -0.478 e. The molecule has 0 radical (unpaired) electrons. The number of carbonyl (C=O) groups is 1. The van der Waals surface area contributed by atoms with Crippen molar-refractivity contribution in [2.45, 2.75) is 17.8 Å². The summed E-state index contributed by atoms with van der Waals surface area (Å²) in [6.07, 6.45) is 4.46. The second kappa shape index (κ2) is 6.86. The van der Waals surface area contributed by atoms with E-state index in [1.54, 1.807) is 24.0 Å². The van der Waals surface area contributed by atoms with Crippen molar-refractivity contribution in [2.24, 2.45) is 0 Å². The first-order valence-electron chi connectivity index (χ1n) is 6.06. The number of benzene rings is 1. The normalized spacial score (nSPS) is 10.8. The highest BCUT2D eigenvalue weighted by atomic mass is 32.2. The Morgan fingerprint density at radius 2 is 2.25 bits per heavy atom. The first kappa shape index (κ1) is 14.3. The number of carboxylic acids is 1. The molecular formula is C15H14N2O2S. The predicted octanol–water partition coefficient (Wildman–Crippen LogP) is 3.18. The van der Waals surface area contributed by atoms with Gasteiger partial charge in [0.05, 0.1) is 0 Å². The average Bonchev–Trinajstić information content (AvgIpc) is 2.43. The van der Waals surface area contributed by atoms with Crippen molar-refractivity contribution in [3.05, 3.63) is 59.4 Å². The zero-order valence-electron chi connectivity index (χ0n) is 11.0. The lowest BCUT2D eigenvalue weighted by molar-refractivity contribution is -0.131. The molecule has 1 N–H and O–H groups in total. The van der Waals surface area contributed by atoms with Crippen LogP contribution in [0.5, 0.6) is 0 Å². The van der Waals surface area contributed by atoms with Crippen LogP contribution < -0.4 is 0 Å². The lowest BCUT2D eigenvalue weighted by atomic mass is 10.1. The quantitative estimate of drug-likeness (QED) is 0.519. The van der Waals surface area contributed by atoms with E-state index in [1.807, 2.05) is 37.3 Å². The summed E-state index contributed by atoms with van der Waals surface area (Å²) in [5.41, 5.74) is 2.92. The summed E-state index contributed by atoms with van der Waals surface area (Å²) in [6, 6.07) is 9.61. The number of hydrogen-bond acceptors (Lipinski definition) is 4. The Kier molecular flexibility index (Phi) is 4.90. The van der Waals surface area contributed by atoms with E-state index < -0.39 is 5.97 Å². The van der Waals surface area contributed by atoms with Crippen molar-refractivity contribution >= 4 is 23.8 Å². The maximum absolute atomic E-state index is 10.5. The molecule has 0 aliphatic carbocycles. The van der Waals surface area contributed by atoms with Crippen LogP contribution in [0, 0.1) is 6.92 Å². The molecule has 0 fully saturated rings. The fourth-order valence-corrected chi connectivity index (χ4v) is 2.42. The Labute approximate surface area is 121 Å². The molecule has 4 nitrogen and oxygen atoms in total. The maximum atomic E-state index is 10.5. The standard InChI is InChI=1S/C15H14N2O2S/c1-11-7-8-16-15(17-11)20-10-13-4-2-3-12(9-13)5-6-14(18)19/h2-9H,10H2,1H3,(H,18,19). The second-order valence-corrected chi connectivity index (χ2v) is 5.13. The van der Waals surface area contributed by atoms with Crippen LogP contribution in [-0.4, -0.2) is 21.0 Å². The van der Waals surface area contributed by atoms with Crippen LogP contribution in [0.2, 0.25) is 0 Å². The predicted molar refractivity (Wildman–Crippen MR) is 79.4 cm³/mol. The van der Waals surface area contributed by atoms with Crippen LogP contribution in [0.15, 0.2) is 47.8 Å². The topological polar surface area (TPSA) is 63.1 Å². The van der Waals surface area contributed by atoms with E-state index in [1.165, 1.54) is 0 Å².